The number of nitriles is 1. The number of hydrogen-bond donors (Lipinski definition) is 0. The minimum Gasteiger partial charge on any atom is -0.489 e. The van der Waals surface area contributed by atoms with Crippen LogP contribution in [0.5, 0.6) is 11.5 Å². The van der Waals surface area contributed by atoms with Crippen molar-refractivity contribution in [3.05, 3.63) is 58.6 Å². The Balaban J connectivity index is 1.75. The second kappa shape index (κ2) is 7.96. The summed E-state index contributed by atoms with van der Waals surface area (Å²) in [6, 6.07) is 14.5. The molecule has 3 rings (SSSR count). The van der Waals surface area contributed by atoms with Crippen LogP contribution in [0, 0.1) is 28.1 Å². The van der Waals surface area contributed by atoms with E-state index in [1.54, 1.807) is 18.2 Å². The van der Waals surface area contributed by atoms with Crippen molar-refractivity contribution in [2.24, 2.45) is 16.7 Å². The molecule has 0 unspecified atom stereocenters. The molecule has 1 fully saturated rings. The van der Waals surface area contributed by atoms with E-state index in [1.807, 2.05) is 38.1 Å². The summed E-state index contributed by atoms with van der Waals surface area (Å²) < 4.78 is 12.6. The number of hydrogen-bond acceptors (Lipinski definition) is 4. The second-order valence-corrected chi connectivity index (χ2v) is 9.84. The molecule has 0 radical (unpaired) electrons. The van der Waals surface area contributed by atoms with Crippen molar-refractivity contribution in [1.29, 1.82) is 5.26 Å². The van der Waals surface area contributed by atoms with Crippen LogP contribution in [0.1, 0.15) is 57.5 Å². The summed E-state index contributed by atoms with van der Waals surface area (Å²) in [4.78, 5) is 12.1. The molecule has 2 aromatic rings. The van der Waals surface area contributed by atoms with Crippen molar-refractivity contribution in [3.8, 4) is 17.6 Å². The molecule has 0 aromatic heterocycles. The molecule has 158 valence electrons. The van der Waals surface area contributed by atoms with Crippen LogP contribution in [0.4, 0.5) is 0 Å². The smallest absolute Gasteiger partial charge is 0.165 e. The number of halogens is 1. The fourth-order valence-corrected chi connectivity index (χ4v) is 4.88. The van der Waals surface area contributed by atoms with Crippen LogP contribution in [-0.2, 0) is 0 Å². The molecule has 0 amide bonds. The van der Waals surface area contributed by atoms with Gasteiger partial charge in [0.05, 0.1) is 10.6 Å². The van der Waals surface area contributed by atoms with E-state index in [4.69, 9.17) is 26.3 Å². The van der Waals surface area contributed by atoms with Gasteiger partial charge in [-0.25, -0.2) is 0 Å². The van der Waals surface area contributed by atoms with Gasteiger partial charge in [0, 0.05) is 28.4 Å². The van der Waals surface area contributed by atoms with Gasteiger partial charge in [0.2, 0.25) is 0 Å². The van der Waals surface area contributed by atoms with Gasteiger partial charge in [0.25, 0.3) is 0 Å². The molecule has 1 saturated carbocycles. The first-order chi connectivity index (χ1) is 14.0. The summed E-state index contributed by atoms with van der Waals surface area (Å²) in [5.74, 6) is 1.47. The summed E-state index contributed by atoms with van der Waals surface area (Å²) in [6.45, 7) is 12.3. The number of carbonyl (C=O) groups is 1. The van der Waals surface area contributed by atoms with Gasteiger partial charge in [0.15, 0.2) is 5.78 Å². The van der Waals surface area contributed by atoms with E-state index in [2.05, 4.69) is 33.8 Å². The van der Waals surface area contributed by atoms with Crippen LogP contribution in [0.3, 0.4) is 0 Å². The molecule has 5 heteroatoms. The number of rotatable bonds is 6. The largest absolute Gasteiger partial charge is 0.489 e. The van der Waals surface area contributed by atoms with Crippen molar-refractivity contribution in [2.75, 3.05) is 0 Å². The van der Waals surface area contributed by atoms with Crippen molar-refractivity contribution in [2.45, 2.75) is 53.8 Å². The Morgan fingerprint density at radius 1 is 0.967 bits per heavy atom. The Bertz CT molecular complexity index is 970. The van der Waals surface area contributed by atoms with Gasteiger partial charge in [-0.15, -0.1) is 0 Å². The molecule has 4 nitrogen and oxygen atoms in total. The molecular formula is C25H28ClNO3. The fourth-order valence-electron chi connectivity index (χ4n) is 4.67. The SMILES string of the molecule is CC(C)C(=O)c1ccc(OC2C(C)(C)C(Oc3ccc(C#N)c(Cl)c3)C2(C)C)cc1. The van der Waals surface area contributed by atoms with Crippen LogP contribution < -0.4 is 9.47 Å². The van der Waals surface area contributed by atoms with Crippen molar-refractivity contribution in [1.82, 2.24) is 0 Å². The topological polar surface area (TPSA) is 59.3 Å². The zero-order valence-electron chi connectivity index (χ0n) is 18.3. The minimum absolute atomic E-state index is 0.0325. The lowest BCUT2D eigenvalue weighted by Crippen LogP contribution is -2.71. The van der Waals surface area contributed by atoms with Gasteiger partial charge in [0.1, 0.15) is 29.8 Å². The second-order valence-electron chi connectivity index (χ2n) is 9.44. The quantitative estimate of drug-likeness (QED) is 0.508. The molecule has 0 atom stereocenters. The highest BCUT2D eigenvalue weighted by molar-refractivity contribution is 6.31. The van der Waals surface area contributed by atoms with Crippen LogP contribution in [-0.4, -0.2) is 18.0 Å². The van der Waals surface area contributed by atoms with E-state index in [0.717, 1.165) is 5.75 Å². The molecule has 1 aliphatic carbocycles. The number of carbonyl (C=O) groups excluding carboxylic acids is 1. The number of nitrogens with zero attached hydrogens (tertiary/aromatic N) is 1. The number of Topliss-reactive ketones (excluding diaryl/α,β-unsaturated/α-hetero) is 1. The van der Waals surface area contributed by atoms with Crippen LogP contribution in [0.2, 0.25) is 5.02 Å². The number of ether oxygens (including phenoxy) is 2. The average Bonchev–Trinajstić information content (AvgIpc) is 2.69. The highest BCUT2D eigenvalue weighted by Gasteiger charge is 2.65. The van der Waals surface area contributed by atoms with Crippen LogP contribution in [0.15, 0.2) is 42.5 Å². The average molecular weight is 426 g/mol. The molecule has 30 heavy (non-hydrogen) atoms. The van der Waals surface area contributed by atoms with Gasteiger partial charge >= 0.3 is 0 Å². The van der Waals surface area contributed by atoms with Crippen LogP contribution in [0.25, 0.3) is 0 Å². The maximum Gasteiger partial charge on any atom is 0.165 e. The summed E-state index contributed by atoms with van der Waals surface area (Å²) in [6.07, 6.45) is -0.170. The summed E-state index contributed by atoms with van der Waals surface area (Å²) in [5, 5.41) is 9.44. The zero-order valence-corrected chi connectivity index (χ0v) is 19.1. The first-order valence-electron chi connectivity index (χ1n) is 10.2. The first-order valence-corrected chi connectivity index (χ1v) is 10.5. The molecule has 2 aromatic carbocycles. The Hall–Kier alpha value is -2.51. The lowest BCUT2D eigenvalue weighted by atomic mass is 9.51. The Morgan fingerprint density at radius 3 is 1.93 bits per heavy atom. The van der Waals surface area contributed by atoms with E-state index in [-0.39, 0.29) is 34.7 Å². The molecule has 1 aliphatic rings. The van der Waals surface area contributed by atoms with Crippen molar-refractivity contribution >= 4 is 17.4 Å². The fraction of sp³-hybridized carbons (Fsp3) is 0.440. The number of ketones is 1. The van der Waals surface area contributed by atoms with Gasteiger partial charge in [-0.1, -0.05) is 53.1 Å². The predicted molar refractivity (Wildman–Crippen MR) is 118 cm³/mol. The van der Waals surface area contributed by atoms with Gasteiger partial charge in [-0.2, -0.15) is 5.26 Å². The van der Waals surface area contributed by atoms with Crippen molar-refractivity contribution < 1.29 is 14.3 Å². The highest BCUT2D eigenvalue weighted by atomic mass is 35.5. The minimum atomic E-state index is -0.254. The standard InChI is InChI=1S/C25H28ClNO3/c1-15(2)21(28)16-7-10-18(11-8-16)29-22-24(3,4)23(25(22,5)6)30-19-12-9-17(14-27)20(26)13-19/h7-13,15,22-23H,1-6H3. The summed E-state index contributed by atoms with van der Waals surface area (Å²) >= 11 is 6.16. The van der Waals surface area contributed by atoms with Crippen LogP contribution >= 0.6 is 11.6 Å². The molecule has 0 spiro atoms. The lowest BCUT2D eigenvalue weighted by molar-refractivity contribution is -0.224. The Kier molecular flexibility index (Phi) is 5.89. The third kappa shape index (κ3) is 3.91. The van der Waals surface area contributed by atoms with Gasteiger partial charge < -0.3 is 9.47 Å². The summed E-state index contributed by atoms with van der Waals surface area (Å²) in [5.41, 5.74) is 0.618. The number of benzene rings is 2. The normalized spacial score (nSPS) is 21.4. The third-order valence-corrected chi connectivity index (χ3v) is 6.25. The van der Waals surface area contributed by atoms with E-state index in [9.17, 15) is 4.79 Å². The van der Waals surface area contributed by atoms with E-state index >= 15 is 0 Å². The lowest BCUT2D eigenvalue weighted by Gasteiger charge is -2.62. The molecule has 0 bridgehead atoms. The highest BCUT2D eigenvalue weighted by Crippen LogP contribution is 2.57. The summed E-state index contributed by atoms with van der Waals surface area (Å²) in [7, 11) is 0. The van der Waals surface area contributed by atoms with Gasteiger partial charge in [-0.05, 0) is 36.4 Å². The molecular weight excluding hydrogens is 398 g/mol. The van der Waals surface area contributed by atoms with E-state index < -0.39 is 0 Å². The van der Waals surface area contributed by atoms with E-state index in [0.29, 0.717) is 21.9 Å². The molecule has 0 saturated heterocycles. The molecule has 0 heterocycles. The van der Waals surface area contributed by atoms with E-state index in [1.165, 1.54) is 0 Å². The Labute approximate surface area is 183 Å². The Morgan fingerprint density at radius 2 is 1.47 bits per heavy atom. The first kappa shape index (κ1) is 22.2. The zero-order chi connectivity index (χ0) is 22.3. The molecule has 0 aliphatic heterocycles. The monoisotopic (exact) mass is 425 g/mol. The van der Waals surface area contributed by atoms with Crippen molar-refractivity contribution in [3.63, 3.8) is 0 Å². The molecule has 0 N–H and O–H groups in total. The van der Waals surface area contributed by atoms with Gasteiger partial charge in [-0.3, -0.25) is 4.79 Å². The third-order valence-electron chi connectivity index (χ3n) is 5.94. The predicted octanol–water partition coefficient (Wildman–Crippen LogP) is 6.31. The maximum absolute atomic E-state index is 12.1. The maximum atomic E-state index is 12.1.